The molecule has 0 bridgehead atoms. The lowest BCUT2D eigenvalue weighted by molar-refractivity contribution is -0.117. The predicted octanol–water partition coefficient (Wildman–Crippen LogP) is 4.34. The number of thioether (sulfide) groups is 1. The molecule has 1 atom stereocenters. The molecule has 1 aliphatic heterocycles. The normalized spacial score (nSPS) is 14.6. The van der Waals surface area contributed by atoms with Crippen LogP contribution in [0.3, 0.4) is 0 Å². The van der Waals surface area contributed by atoms with Crippen molar-refractivity contribution in [3.63, 3.8) is 0 Å². The van der Waals surface area contributed by atoms with Gasteiger partial charge in [0.2, 0.25) is 5.91 Å². The molecule has 4 rings (SSSR count). The van der Waals surface area contributed by atoms with E-state index in [0.29, 0.717) is 0 Å². The molecule has 6 heteroatoms. The zero-order chi connectivity index (χ0) is 19.7. The SMILES string of the molecule is Cc1ccc(-n2cnnc2SC(C)C(=O)N2CCCc3ccccc32)c(C)c1. The van der Waals surface area contributed by atoms with Crippen molar-refractivity contribution in [1.82, 2.24) is 14.8 Å². The Morgan fingerprint density at radius 1 is 1.14 bits per heavy atom. The largest absolute Gasteiger partial charge is 0.311 e. The van der Waals surface area contributed by atoms with Crippen LogP contribution in [0.4, 0.5) is 5.69 Å². The highest BCUT2D eigenvalue weighted by Crippen LogP contribution is 2.31. The Morgan fingerprint density at radius 2 is 1.96 bits per heavy atom. The van der Waals surface area contributed by atoms with Crippen LogP contribution in [-0.4, -0.2) is 32.5 Å². The van der Waals surface area contributed by atoms with Crippen LogP contribution in [0, 0.1) is 13.8 Å². The maximum absolute atomic E-state index is 13.2. The summed E-state index contributed by atoms with van der Waals surface area (Å²) in [5, 5.41) is 8.85. The van der Waals surface area contributed by atoms with Gasteiger partial charge in [-0.25, -0.2) is 0 Å². The molecule has 0 N–H and O–H groups in total. The number of carbonyl (C=O) groups is 1. The van der Waals surface area contributed by atoms with E-state index in [9.17, 15) is 4.79 Å². The summed E-state index contributed by atoms with van der Waals surface area (Å²) in [5.41, 5.74) is 5.71. The van der Waals surface area contributed by atoms with E-state index < -0.39 is 0 Å². The summed E-state index contributed by atoms with van der Waals surface area (Å²) in [6.07, 6.45) is 3.74. The van der Waals surface area contributed by atoms with Crippen molar-refractivity contribution in [2.75, 3.05) is 11.4 Å². The quantitative estimate of drug-likeness (QED) is 0.620. The number of fused-ring (bicyclic) bond motifs is 1. The average molecular weight is 393 g/mol. The smallest absolute Gasteiger partial charge is 0.240 e. The molecule has 144 valence electrons. The molecule has 28 heavy (non-hydrogen) atoms. The molecule has 5 nitrogen and oxygen atoms in total. The number of hydrogen-bond donors (Lipinski definition) is 0. The third kappa shape index (κ3) is 3.56. The van der Waals surface area contributed by atoms with Gasteiger partial charge in [0, 0.05) is 12.2 Å². The Bertz CT molecular complexity index is 1010. The number of amides is 1. The van der Waals surface area contributed by atoms with Crippen LogP contribution in [0.15, 0.2) is 53.9 Å². The molecule has 2 aromatic carbocycles. The van der Waals surface area contributed by atoms with Crippen LogP contribution >= 0.6 is 11.8 Å². The van der Waals surface area contributed by atoms with Gasteiger partial charge in [-0.05, 0) is 56.9 Å². The van der Waals surface area contributed by atoms with Crippen LogP contribution in [0.5, 0.6) is 0 Å². The van der Waals surface area contributed by atoms with Gasteiger partial charge in [0.15, 0.2) is 5.16 Å². The Labute approximate surface area is 169 Å². The molecular formula is C22H24N4OS. The minimum absolute atomic E-state index is 0.118. The highest BCUT2D eigenvalue weighted by atomic mass is 32.2. The van der Waals surface area contributed by atoms with Gasteiger partial charge in [0.1, 0.15) is 6.33 Å². The van der Waals surface area contributed by atoms with Gasteiger partial charge >= 0.3 is 0 Å². The van der Waals surface area contributed by atoms with Crippen molar-refractivity contribution in [1.29, 1.82) is 0 Å². The van der Waals surface area contributed by atoms with Gasteiger partial charge in [-0.3, -0.25) is 9.36 Å². The summed E-state index contributed by atoms with van der Waals surface area (Å²) in [6.45, 7) is 6.88. The number of para-hydroxylation sites is 1. The zero-order valence-corrected chi connectivity index (χ0v) is 17.2. The summed E-state index contributed by atoms with van der Waals surface area (Å²) in [5.74, 6) is 0.118. The van der Waals surface area contributed by atoms with Crippen molar-refractivity contribution in [3.05, 3.63) is 65.5 Å². The van der Waals surface area contributed by atoms with E-state index in [0.717, 1.165) is 41.5 Å². The number of aromatic nitrogens is 3. The average Bonchev–Trinajstić information content (AvgIpc) is 3.14. The van der Waals surface area contributed by atoms with E-state index in [2.05, 4.69) is 48.3 Å². The number of benzene rings is 2. The van der Waals surface area contributed by atoms with Gasteiger partial charge < -0.3 is 4.90 Å². The van der Waals surface area contributed by atoms with E-state index in [4.69, 9.17) is 0 Å². The first-order chi connectivity index (χ1) is 13.5. The second-order valence-corrected chi connectivity index (χ2v) is 8.56. The minimum atomic E-state index is -0.250. The highest BCUT2D eigenvalue weighted by Gasteiger charge is 2.28. The molecular weight excluding hydrogens is 368 g/mol. The first kappa shape index (κ1) is 18.7. The van der Waals surface area contributed by atoms with Gasteiger partial charge in [-0.2, -0.15) is 0 Å². The predicted molar refractivity (Wildman–Crippen MR) is 113 cm³/mol. The highest BCUT2D eigenvalue weighted by molar-refractivity contribution is 8.00. The summed E-state index contributed by atoms with van der Waals surface area (Å²) < 4.78 is 1.97. The number of rotatable bonds is 4. The maximum atomic E-state index is 13.2. The van der Waals surface area contributed by atoms with Gasteiger partial charge in [0.05, 0.1) is 10.9 Å². The number of anilines is 1. The van der Waals surface area contributed by atoms with Crippen LogP contribution in [-0.2, 0) is 11.2 Å². The second-order valence-electron chi connectivity index (χ2n) is 7.26. The van der Waals surface area contributed by atoms with Crippen LogP contribution < -0.4 is 4.90 Å². The van der Waals surface area contributed by atoms with Crippen molar-refractivity contribution in [3.8, 4) is 5.69 Å². The van der Waals surface area contributed by atoms with Gasteiger partial charge in [-0.15, -0.1) is 10.2 Å². The number of aryl methyl sites for hydroxylation is 3. The molecule has 1 amide bonds. The molecule has 1 aromatic heterocycles. The number of hydrogen-bond acceptors (Lipinski definition) is 4. The fourth-order valence-electron chi connectivity index (χ4n) is 3.74. The summed E-state index contributed by atoms with van der Waals surface area (Å²) >= 11 is 1.46. The van der Waals surface area contributed by atoms with Gasteiger partial charge in [0.25, 0.3) is 0 Å². The lowest BCUT2D eigenvalue weighted by Gasteiger charge is -2.31. The standard InChI is InChI=1S/C22H24N4OS/c1-15-10-11-19(16(2)13-15)26-14-23-24-22(26)28-17(3)21(27)25-12-6-8-18-7-4-5-9-20(18)25/h4-5,7,9-11,13-14,17H,6,8,12H2,1-3H3. The fraction of sp³-hybridized carbons (Fsp3) is 0.318. The molecule has 0 aliphatic carbocycles. The minimum Gasteiger partial charge on any atom is -0.311 e. The molecule has 0 spiro atoms. The molecule has 1 aliphatic rings. The number of nitrogens with zero attached hydrogens (tertiary/aromatic N) is 4. The first-order valence-electron chi connectivity index (χ1n) is 9.58. The molecule has 0 fully saturated rings. The Balaban J connectivity index is 1.56. The monoisotopic (exact) mass is 392 g/mol. The van der Waals surface area contributed by atoms with Crippen molar-refractivity contribution in [2.24, 2.45) is 0 Å². The Hall–Kier alpha value is -2.60. The van der Waals surface area contributed by atoms with E-state index in [1.54, 1.807) is 6.33 Å². The summed E-state index contributed by atoms with van der Waals surface area (Å²) in [6, 6.07) is 14.5. The molecule has 0 radical (unpaired) electrons. The molecule has 3 aromatic rings. The molecule has 0 saturated heterocycles. The van der Waals surface area contributed by atoms with E-state index >= 15 is 0 Å². The third-order valence-corrected chi connectivity index (χ3v) is 6.18. The molecule has 1 unspecified atom stereocenters. The number of carbonyl (C=O) groups excluding carboxylic acids is 1. The van der Waals surface area contributed by atoms with Crippen LogP contribution in [0.2, 0.25) is 0 Å². The summed E-state index contributed by atoms with van der Waals surface area (Å²) in [4.78, 5) is 15.1. The first-order valence-corrected chi connectivity index (χ1v) is 10.5. The van der Waals surface area contributed by atoms with Crippen molar-refractivity contribution < 1.29 is 4.79 Å². The molecule has 0 saturated carbocycles. The lowest BCUT2D eigenvalue weighted by atomic mass is 10.0. The Kier molecular flexibility index (Phi) is 5.22. The maximum Gasteiger partial charge on any atom is 0.240 e. The van der Waals surface area contributed by atoms with Crippen molar-refractivity contribution in [2.45, 2.75) is 44.0 Å². The fourth-order valence-corrected chi connectivity index (χ4v) is 4.63. The Morgan fingerprint density at radius 3 is 2.79 bits per heavy atom. The summed E-state index contributed by atoms with van der Waals surface area (Å²) in [7, 11) is 0. The van der Waals surface area contributed by atoms with E-state index in [1.807, 2.05) is 34.6 Å². The second kappa shape index (κ2) is 7.80. The lowest BCUT2D eigenvalue weighted by Crippen LogP contribution is -2.40. The van der Waals surface area contributed by atoms with E-state index in [1.165, 1.54) is 22.9 Å². The topological polar surface area (TPSA) is 51.0 Å². The van der Waals surface area contributed by atoms with Gasteiger partial charge in [-0.1, -0.05) is 47.7 Å². The molecule has 2 heterocycles. The van der Waals surface area contributed by atoms with Crippen LogP contribution in [0.25, 0.3) is 5.69 Å². The third-order valence-electron chi connectivity index (χ3n) is 5.13. The van der Waals surface area contributed by atoms with E-state index in [-0.39, 0.29) is 11.2 Å². The zero-order valence-electron chi connectivity index (χ0n) is 16.4. The van der Waals surface area contributed by atoms with Crippen LogP contribution in [0.1, 0.15) is 30.0 Å². The van der Waals surface area contributed by atoms with Crippen molar-refractivity contribution >= 4 is 23.4 Å².